The summed E-state index contributed by atoms with van der Waals surface area (Å²) in [5.41, 5.74) is 4.26. The molecule has 0 aromatic carbocycles. The Morgan fingerprint density at radius 1 is 1.27 bits per heavy atom. The Morgan fingerprint density at radius 2 is 1.95 bits per heavy atom. The van der Waals surface area contributed by atoms with Gasteiger partial charge in [-0.3, -0.25) is 4.79 Å². The second-order valence-electron chi connectivity index (χ2n) is 5.16. The van der Waals surface area contributed by atoms with Crippen LogP contribution in [0, 0.1) is 20.8 Å². The second kappa shape index (κ2) is 7.74. The Morgan fingerprint density at radius 3 is 2.50 bits per heavy atom. The van der Waals surface area contributed by atoms with Crippen LogP contribution >= 0.6 is 23.1 Å². The number of aromatic nitrogens is 2. The summed E-state index contributed by atoms with van der Waals surface area (Å²) >= 11 is 3.22. The molecule has 0 saturated carbocycles. The smallest absolute Gasteiger partial charge is 0.220 e. The van der Waals surface area contributed by atoms with E-state index in [-0.39, 0.29) is 5.91 Å². The first-order valence-corrected chi connectivity index (χ1v) is 9.29. The van der Waals surface area contributed by atoms with Gasteiger partial charge in [0.1, 0.15) is 0 Å². The lowest BCUT2D eigenvalue weighted by Gasteiger charge is -2.10. The van der Waals surface area contributed by atoms with E-state index in [1.165, 1.54) is 22.2 Å². The van der Waals surface area contributed by atoms with E-state index in [2.05, 4.69) is 28.3 Å². The van der Waals surface area contributed by atoms with E-state index in [0.717, 1.165) is 22.1 Å². The molecule has 1 amide bonds. The molecule has 0 unspecified atom stereocenters. The van der Waals surface area contributed by atoms with Crippen molar-refractivity contribution in [1.82, 2.24) is 15.3 Å². The summed E-state index contributed by atoms with van der Waals surface area (Å²) in [7, 11) is 0. The summed E-state index contributed by atoms with van der Waals surface area (Å²) < 4.78 is 0. The Balaban J connectivity index is 1.90. The topological polar surface area (TPSA) is 54.9 Å². The van der Waals surface area contributed by atoms with Gasteiger partial charge in [-0.2, -0.15) is 0 Å². The lowest BCUT2D eigenvalue weighted by Crippen LogP contribution is -2.23. The van der Waals surface area contributed by atoms with Crippen molar-refractivity contribution in [2.45, 2.75) is 45.3 Å². The van der Waals surface area contributed by atoms with Gasteiger partial charge >= 0.3 is 0 Å². The summed E-state index contributed by atoms with van der Waals surface area (Å²) in [5.74, 6) is 0.0699. The van der Waals surface area contributed by atoms with Crippen LogP contribution in [-0.4, -0.2) is 22.1 Å². The van der Waals surface area contributed by atoms with Crippen LogP contribution in [0.25, 0.3) is 0 Å². The molecule has 6 heteroatoms. The summed E-state index contributed by atoms with van der Waals surface area (Å²) in [6.07, 6.45) is 3.11. The molecule has 0 atom stereocenters. The van der Waals surface area contributed by atoms with Gasteiger partial charge in [-0.15, -0.1) is 11.3 Å². The molecule has 0 saturated heterocycles. The number of carbonyl (C=O) groups excluding carboxylic acids is 1. The molecule has 2 heterocycles. The molecule has 2 aromatic rings. The number of amides is 1. The van der Waals surface area contributed by atoms with Gasteiger partial charge in [0.2, 0.25) is 5.91 Å². The van der Waals surface area contributed by atoms with Crippen molar-refractivity contribution in [1.29, 1.82) is 0 Å². The third-order valence-electron chi connectivity index (χ3n) is 3.60. The fourth-order valence-corrected chi connectivity index (χ4v) is 3.56. The van der Waals surface area contributed by atoms with Gasteiger partial charge in [-0.1, -0.05) is 11.8 Å². The molecule has 22 heavy (non-hydrogen) atoms. The molecular formula is C16H21N3OS2. The van der Waals surface area contributed by atoms with E-state index in [1.807, 2.05) is 25.5 Å². The van der Waals surface area contributed by atoms with Gasteiger partial charge in [0.15, 0.2) is 5.16 Å². The minimum Gasteiger partial charge on any atom is -0.351 e. The zero-order valence-corrected chi connectivity index (χ0v) is 15.0. The first-order valence-electron chi connectivity index (χ1n) is 7.19. The summed E-state index contributed by atoms with van der Waals surface area (Å²) in [6, 6.07) is 2.07. The molecule has 2 aromatic heterocycles. The normalized spacial score (nSPS) is 10.7. The minimum absolute atomic E-state index is 0.0699. The average Bonchev–Trinajstić information content (AvgIpc) is 2.89. The van der Waals surface area contributed by atoms with Crippen LogP contribution in [0.3, 0.4) is 0 Å². The minimum atomic E-state index is 0.0699. The van der Waals surface area contributed by atoms with E-state index in [1.54, 1.807) is 11.3 Å². The van der Waals surface area contributed by atoms with Crippen molar-refractivity contribution in [3.05, 3.63) is 38.8 Å². The standard InChI is InChI=1S/C16H21N3OS2/c1-10-7-8-22-14(10)9-17-15(20)6-5-13-11(2)18-16(21-4)19-12(13)3/h7-8H,5-6,9H2,1-4H3,(H,17,20). The SMILES string of the molecule is CSc1nc(C)c(CCC(=O)NCc2sccc2C)c(C)n1. The van der Waals surface area contributed by atoms with Crippen LogP contribution in [-0.2, 0) is 17.8 Å². The molecule has 1 N–H and O–H groups in total. The maximum Gasteiger partial charge on any atom is 0.220 e. The van der Waals surface area contributed by atoms with Crippen LogP contribution in [0.15, 0.2) is 16.6 Å². The Bertz CT molecular complexity index is 644. The van der Waals surface area contributed by atoms with Crippen molar-refractivity contribution >= 4 is 29.0 Å². The first kappa shape index (κ1) is 17.0. The predicted molar refractivity (Wildman–Crippen MR) is 92.5 cm³/mol. The molecule has 0 fully saturated rings. The molecule has 0 aliphatic rings. The fraction of sp³-hybridized carbons (Fsp3) is 0.438. The molecule has 0 radical (unpaired) electrons. The number of nitrogens with one attached hydrogen (secondary N) is 1. The van der Waals surface area contributed by atoms with Crippen molar-refractivity contribution in [3.63, 3.8) is 0 Å². The van der Waals surface area contributed by atoms with Crippen LogP contribution in [0.5, 0.6) is 0 Å². The summed E-state index contributed by atoms with van der Waals surface area (Å²) in [5, 5.41) is 5.82. The van der Waals surface area contributed by atoms with E-state index in [4.69, 9.17) is 0 Å². The number of rotatable bonds is 6. The van der Waals surface area contributed by atoms with E-state index >= 15 is 0 Å². The third kappa shape index (κ3) is 4.30. The zero-order chi connectivity index (χ0) is 16.1. The van der Waals surface area contributed by atoms with Crippen molar-refractivity contribution in [2.24, 2.45) is 0 Å². The molecule has 0 spiro atoms. The highest BCUT2D eigenvalue weighted by molar-refractivity contribution is 7.98. The fourth-order valence-electron chi connectivity index (χ4n) is 2.25. The van der Waals surface area contributed by atoms with Crippen LogP contribution in [0.1, 0.15) is 33.8 Å². The van der Waals surface area contributed by atoms with Gasteiger partial charge in [-0.05, 0) is 56.0 Å². The van der Waals surface area contributed by atoms with Gasteiger partial charge in [0.25, 0.3) is 0 Å². The van der Waals surface area contributed by atoms with Crippen LogP contribution < -0.4 is 5.32 Å². The predicted octanol–water partition coefficient (Wildman–Crippen LogP) is 3.43. The highest BCUT2D eigenvalue weighted by atomic mass is 32.2. The van der Waals surface area contributed by atoms with Crippen molar-refractivity contribution in [3.8, 4) is 0 Å². The number of hydrogen-bond donors (Lipinski definition) is 1. The summed E-state index contributed by atoms with van der Waals surface area (Å²) in [6.45, 7) is 6.64. The number of thioether (sulfide) groups is 1. The number of carbonyl (C=O) groups is 1. The molecular weight excluding hydrogens is 314 g/mol. The molecule has 0 bridgehead atoms. The highest BCUT2D eigenvalue weighted by Crippen LogP contribution is 2.17. The maximum absolute atomic E-state index is 12.0. The Kier molecular flexibility index (Phi) is 5.97. The van der Waals surface area contributed by atoms with Gasteiger partial charge in [-0.25, -0.2) is 9.97 Å². The van der Waals surface area contributed by atoms with E-state index < -0.39 is 0 Å². The number of aryl methyl sites for hydroxylation is 3. The second-order valence-corrected chi connectivity index (χ2v) is 6.94. The zero-order valence-electron chi connectivity index (χ0n) is 13.4. The number of hydrogen-bond acceptors (Lipinski definition) is 5. The lowest BCUT2D eigenvalue weighted by molar-refractivity contribution is -0.121. The quantitative estimate of drug-likeness (QED) is 0.649. The summed E-state index contributed by atoms with van der Waals surface area (Å²) in [4.78, 5) is 22.1. The monoisotopic (exact) mass is 335 g/mol. The molecule has 0 aliphatic carbocycles. The lowest BCUT2D eigenvalue weighted by atomic mass is 10.1. The molecule has 0 aliphatic heterocycles. The highest BCUT2D eigenvalue weighted by Gasteiger charge is 2.11. The van der Waals surface area contributed by atoms with Crippen LogP contribution in [0.4, 0.5) is 0 Å². The molecule has 118 valence electrons. The van der Waals surface area contributed by atoms with Gasteiger partial charge in [0.05, 0.1) is 6.54 Å². The molecule has 2 rings (SSSR count). The van der Waals surface area contributed by atoms with Crippen LogP contribution in [0.2, 0.25) is 0 Å². The largest absolute Gasteiger partial charge is 0.351 e. The van der Waals surface area contributed by atoms with Gasteiger partial charge in [0, 0.05) is 22.7 Å². The average molecular weight is 335 g/mol. The Hall–Kier alpha value is -1.40. The third-order valence-corrected chi connectivity index (χ3v) is 5.17. The number of thiophene rings is 1. The number of nitrogens with zero attached hydrogens (tertiary/aromatic N) is 2. The van der Waals surface area contributed by atoms with Gasteiger partial charge < -0.3 is 5.32 Å². The molecule has 4 nitrogen and oxygen atoms in total. The van der Waals surface area contributed by atoms with E-state index in [9.17, 15) is 4.79 Å². The first-order chi connectivity index (χ1) is 10.5. The van der Waals surface area contributed by atoms with Crippen molar-refractivity contribution in [2.75, 3.05) is 6.26 Å². The Labute approximate surface area is 139 Å². The van der Waals surface area contributed by atoms with Crippen molar-refractivity contribution < 1.29 is 4.79 Å². The maximum atomic E-state index is 12.0. The van der Waals surface area contributed by atoms with E-state index in [0.29, 0.717) is 19.4 Å².